The van der Waals surface area contributed by atoms with E-state index in [0.717, 1.165) is 19.7 Å². The lowest BCUT2D eigenvalue weighted by atomic mass is 10.2. The SMILES string of the molecule is Brc1ccsc1COC1CNC1. The zero-order valence-corrected chi connectivity index (χ0v) is 8.95. The zero-order chi connectivity index (χ0) is 8.39. The van der Waals surface area contributed by atoms with Gasteiger partial charge in [-0.2, -0.15) is 0 Å². The Bertz CT molecular complexity index is 259. The van der Waals surface area contributed by atoms with Crippen molar-refractivity contribution in [2.45, 2.75) is 12.7 Å². The summed E-state index contributed by atoms with van der Waals surface area (Å²) < 4.78 is 6.79. The molecule has 0 saturated carbocycles. The third kappa shape index (κ3) is 1.88. The van der Waals surface area contributed by atoms with Crippen LogP contribution >= 0.6 is 27.3 Å². The lowest BCUT2D eigenvalue weighted by Crippen LogP contribution is -2.48. The van der Waals surface area contributed by atoms with Gasteiger partial charge in [-0.3, -0.25) is 0 Å². The second-order valence-corrected chi connectivity index (χ2v) is 4.64. The number of rotatable bonds is 3. The summed E-state index contributed by atoms with van der Waals surface area (Å²) in [5.41, 5.74) is 0. The summed E-state index contributed by atoms with van der Waals surface area (Å²) in [5, 5.41) is 5.24. The first-order valence-electron chi connectivity index (χ1n) is 3.90. The Morgan fingerprint density at radius 2 is 2.50 bits per heavy atom. The molecule has 0 atom stereocenters. The Labute approximate surface area is 84.1 Å². The van der Waals surface area contributed by atoms with E-state index < -0.39 is 0 Å². The fourth-order valence-corrected chi connectivity index (χ4v) is 2.39. The van der Waals surface area contributed by atoms with Gasteiger partial charge in [-0.25, -0.2) is 0 Å². The minimum Gasteiger partial charge on any atom is -0.370 e. The molecular weight excluding hydrogens is 238 g/mol. The van der Waals surface area contributed by atoms with Gasteiger partial charge in [-0.05, 0) is 27.4 Å². The molecular formula is C8H10BrNOS. The number of thiophene rings is 1. The molecule has 12 heavy (non-hydrogen) atoms. The van der Waals surface area contributed by atoms with E-state index in [1.54, 1.807) is 11.3 Å². The predicted octanol–water partition coefficient (Wildman–Crippen LogP) is 2.00. The molecule has 0 aliphatic carbocycles. The van der Waals surface area contributed by atoms with Crippen LogP contribution in [0, 0.1) is 0 Å². The molecule has 1 saturated heterocycles. The van der Waals surface area contributed by atoms with Crippen LogP contribution in [-0.2, 0) is 11.3 Å². The average molecular weight is 248 g/mol. The first-order chi connectivity index (χ1) is 5.86. The third-order valence-electron chi connectivity index (χ3n) is 1.89. The molecule has 0 spiro atoms. The van der Waals surface area contributed by atoms with Gasteiger partial charge in [0.2, 0.25) is 0 Å². The number of nitrogens with one attached hydrogen (secondary N) is 1. The fraction of sp³-hybridized carbons (Fsp3) is 0.500. The van der Waals surface area contributed by atoms with Gasteiger partial charge in [-0.15, -0.1) is 11.3 Å². The quantitative estimate of drug-likeness (QED) is 0.883. The molecule has 0 unspecified atom stereocenters. The van der Waals surface area contributed by atoms with E-state index >= 15 is 0 Å². The van der Waals surface area contributed by atoms with E-state index in [1.165, 1.54) is 9.35 Å². The molecule has 1 aliphatic rings. The Morgan fingerprint density at radius 3 is 3.00 bits per heavy atom. The van der Waals surface area contributed by atoms with Crippen LogP contribution < -0.4 is 5.32 Å². The van der Waals surface area contributed by atoms with E-state index in [0.29, 0.717) is 6.10 Å². The van der Waals surface area contributed by atoms with Crippen LogP contribution in [0.2, 0.25) is 0 Å². The fourth-order valence-electron chi connectivity index (χ4n) is 1.00. The van der Waals surface area contributed by atoms with Crippen LogP contribution in [0.15, 0.2) is 15.9 Å². The lowest BCUT2D eigenvalue weighted by Gasteiger charge is -2.26. The van der Waals surface area contributed by atoms with Crippen molar-refractivity contribution in [3.8, 4) is 0 Å². The Morgan fingerprint density at radius 1 is 1.67 bits per heavy atom. The van der Waals surface area contributed by atoms with Crippen molar-refractivity contribution in [1.82, 2.24) is 5.32 Å². The van der Waals surface area contributed by atoms with Crippen LogP contribution in [0.1, 0.15) is 4.88 Å². The summed E-state index contributed by atoms with van der Waals surface area (Å²) in [4.78, 5) is 1.28. The second kappa shape index (κ2) is 3.87. The van der Waals surface area contributed by atoms with Crippen molar-refractivity contribution in [2.24, 2.45) is 0 Å². The largest absolute Gasteiger partial charge is 0.370 e. The normalized spacial score (nSPS) is 17.8. The molecule has 1 N–H and O–H groups in total. The van der Waals surface area contributed by atoms with Crippen molar-refractivity contribution in [3.63, 3.8) is 0 Å². The van der Waals surface area contributed by atoms with Gasteiger partial charge in [0.1, 0.15) is 0 Å². The van der Waals surface area contributed by atoms with Crippen LogP contribution in [-0.4, -0.2) is 19.2 Å². The minimum atomic E-state index is 0.430. The average Bonchev–Trinajstić information content (AvgIpc) is 2.33. The summed E-state index contributed by atoms with van der Waals surface area (Å²) in [6.07, 6.45) is 0.430. The number of halogens is 1. The molecule has 1 aromatic heterocycles. The number of hydrogen-bond acceptors (Lipinski definition) is 3. The van der Waals surface area contributed by atoms with E-state index in [1.807, 2.05) is 0 Å². The predicted molar refractivity (Wildman–Crippen MR) is 53.5 cm³/mol. The lowest BCUT2D eigenvalue weighted by molar-refractivity contribution is 0.00866. The Hall–Kier alpha value is 0.1000. The maximum Gasteiger partial charge on any atom is 0.0828 e. The van der Waals surface area contributed by atoms with E-state index in [-0.39, 0.29) is 0 Å². The van der Waals surface area contributed by atoms with Crippen molar-refractivity contribution < 1.29 is 4.74 Å². The molecule has 0 radical (unpaired) electrons. The highest BCUT2D eigenvalue weighted by atomic mass is 79.9. The Kier molecular flexibility index (Phi) is 2.80. The van der Waals surface area contributed by atoms with Crippen molar-refractivity contribution in [1.29, 1.82) is 0 Å². The summed E-state index contributed by atoms with van der Waals surface area (Å²) in [6, 6.07) is 2.06. The van der Waals surface area contributed by atoms with E-state index in [4.69, 9.17) is 4.74 Å². The molecule has 1 fully saturated rings. The first-order valence-corrected chi connectivity index (χ1v) is 5.58. The van der Waals surface area contributed by atoms with Gasteiger partial charge in [0.15, 0.2) is 0 Å². The maximum absolute atomic E-state index is 5.62. The molecule has 0 amide bonds. The summed E-state index contributed by atoms with van der Waals surface area (Å²) >= 11 is 5.20. The molecule has 1 aliphatic heterocycles. The highest BCUT2D eigenvalue weighted by molar-refractivity contribution is 9.10. The summed E-state index contributed by atoms with van der Waals surface area (Å²) in [7, 11) is 0. The maximum atomic E-state index is 5.62. The standard InChI is InChI=1S/C8H10BrNOS/c9-7-1-2-12-8(7)5-11-6-3-10-4-6/h1-2,6,10H,3-5H2. The highest BCUT2D eigenvalue weighted by Gasteiger charge is 2.17. The molecule has 66 valence electrons. The summed E-state index contributed by atoms with van der Waals surface area (Å²) in [5.74, 6) is 0. The van der Waals surface area contributed by atoms with Crippen LogP contribution in [0.25, 0.3) is 0 Å². The van der Waals surface area contributed by atoms with E-state index in [2.05, 4.69) is 32.7 Å². The van der Waals surface area contributed by atoms with Crippen LogP contribution in [0.3, 0.4) is 0 Å². The first kappa shape index (κ1) is 8.69. The van der Waals surface area contributed by atoms with Crippen molar-refractivity contribution >= 4 is 27.3 Å². The number of hydrogen-bond donors (Lipinski definition) is 1. The minimum absolute atomic E-state index is 0.430. The van der Waals surface area contributed by atoms with Crippen molar-refractivity contribution in [2.75, 3.05) is 13.1 Å². The monoisotopic (exact) mass is 247 g/mol. The van der Waals surface area contributed by atoms with Gasteiger partial charge < -0.3 is 10.1 Å². The van der Waals surface area contributed by atoms with Gasteiger partial charge in [0.25, 0.3) is 0 Å². The molecule has 0 aromatic carbocycles. The smallest absolute Gasteiger partial charge is 0.0828 e. The van der Waals surface area contributed by atoms with Gasteiger partial charge in [0, 0.05) is 22.4 Å². The number of ether oxygens (including phenoxy) is 1. The van der Waals surface area contributed by atoms with Gasteiger partial charge in [-0.1, -0.05) is 0 Å². The Balaban J connectivity index is 1.82. The zero-order valence-electron chi connectivity index (χ0n) is 6.55. The van der Waals surface area contributed by atoms with Crippen molar-refractivity contribution in [3.05, 3.63) is 20.8 Å². The summed E-state index contributed by atoms with van der Waals surface area (Å²) in [6.45, 7) is 2.75. The highest BCUT2D eigenvalue weighted by Crippen LogP contribution is 2.23. The van der Waals surface area contributed by atoms with Crippen LogP contribution in [0.5, 0.6) is 0 Å². The molecule has 4 heteroatoms. The van der Waals surface area contributed by atoms with Crippen LogP contribution in [0.4, 0.5) is 0 Å². The van der Waals surface area contributed by atoms with E-state index in [9.17, 15) is 0 Å². The molecule has 1 aromatic rings. The molecule has 2 nitrogen and oxygen atoms in total. The van der Waals surface area contributed by atoms with Gasteiger partial charge >= 0.3 is 0 Å². The molecule has 2 rings (SSSR count). The van der Waals surface area contributed by atoms with Gasteiger partial charge in [0.05, 0.1) is 12.7 Å². The topological polar surface area (TPSA) is 21.3 Å². The molecule has 0 bridgehead atoms. The third-order valence-corrected chi connectivity index (χ3v) is 3.79. The second-order valence-electron chi connectivity index (χ2n) is 2.78. The molecule has 2 heterocycles.